The van der Waals surface area contributed by atoms with Gasteiger partial charge in [0.25, 0.3) is 0 Å². The Morgan fingerprint density at radius 2 is 2.29 bits per heavy atom. The standard InChI is InChI=1S/C12H22N2O3/c1-13(2)11(15)14-6-4-5-12(9-14)7-10(16-3)8-17-12/h10H,4-9H2,1-3H3/t10-,12-/m0/s1. The third-order valence-corrected chi connectivity index (χ3v) is 3.70. The summed E-state index contributed by atoms with van der Waals surface area (Å²) in [5.74, 6) is 0. The van der Waals surface area contributed by atoms with Crippen molar-refractivity contribution in [3.63, 3.8) is 0 Å². The maximum absolute atomic E-state index is 12.0. The van der Waals surface area contributed by atoms with Crippen molar-refractivity contribution in [1.29, 1.82) is 0 Å². The SMILES string of the molecule is CO[C@@H]1CO[C@@]2(CCCN(C(=O)N(C)C)C2)C1. The molecule has 1 spiro atoms. The van der Waals surface area contributed by atoms with E-state index in [1.54, 1.807) is 26.1 Å². The van der Waals surface area contributed by atoms with Gasteiger partial charge in [-0.25, -0.2) is 4.79 Å². The Balaban J connectivity index is 2.00. The molecule has 2 rings (SSSR count). The number of hydrogen-bond donors (Lipinski definition) is 0. The lowest BCUT2D eigenvalue weighted by Gasteiger charge is -2.40. The van der Waals surface area contributed by atoms with Gasteiger partial charge in [-0.15, -0.1) is 0 Å². The van der Waals surface area contributed by atoms with Crippen LogP contribution in [0, 0.1) is 0 Å². The number of amides is 2. The van der Waals surface area contributed by atoms with E-state index in [4.69, 9.17) is 9.47 Å². The summed E-state index contributed by atoms with van der Waals surface area (Å²) in [6.07, 6.45) is 3.13. The van der Waals surface area contributed by atoms with Gasteiger partial charge in [0.2, 0.25) is 0 Å². The van der Waals surface area contributed by atoms with E-state index in [-0.39, 0.29) is 17.7 Å². The number of likely N-dealkylation sites (tertiary alicyclic amines) is 1. The molecule has 0 saturated carbocycles. The summed E-state index contributed by atoms with van der Waals surface area (Å²) in [6, 6.07) is 0.0774. The number of carbonyl (C=O) groups is 1. The van der Waals surface area contributed by atoms with Gasteiger partial charge in [-0.2, -0.15) is 0 Å². The molecule has 0 aromatic rings. The van der Waals surface area contributed by atoms with Crippen LogP contribution >= 0.6 is 0 Å². The normalized spacial score (nSPS) is 33.1. The second-order valence-electron chi connectivity index (χ2n) is 5.26. The van der Waals surface area contributed by atoms with Crippen LogP contribution in [0.15, 0.2) is 0 Å². The first-order valence-corrected chi connectivity index (χ1v) is 6.19. The fraction of sp³-hybridized carbons (Fsp3) is 0.917. The maximum atomic E-state index is 12.0. The smallest absolute Gasteiger partial charge is 0.319 e. The fourth-order valence-corrected chi connectivity index (χ4v) is 2.78. The van der Waals surface area contributed by atoms with Crippen LogP contribution in [-0.4, -0.2) is 68.4 Å². The van der Waals surface area contributed by atoms with Crippen molar-refractivity contribution >= 4 is 6.03 Å². The molecule has 17 heavy (non-hydrogen) atoms. The molecule has 2 amide bonds. The molecule has 98 valence electrons. The van der Waals surface area contributed by atoms with Gasteiger partial charge in [-0.1, -0.05) is 0 Å². The van der Waals surface area contributed by atoms with Crippen molar-refractivity contribution in [3.8, 4) is 0 Å². The average Bonchev–Trinajstić information content (AvgIpc) is 2.71. The molecule has 0 bridgehead atoms. The predicted octanol–water partition coefficient (Wildman–Crippen LogP) is 0.938. The van der Waals surface area contributed by atoms with Gasteiger partial charge in [0, 0.05) is 34.2 Å². The highest BCUT2D eigenvalue weighted by atomic mass is 16.6. The number of rotatable bonds is 1. The van der Waals surface area contributed by atoms with Crippen molar-refractivity contribution in [2.75, 3.05) is 40.9 Å². The molecule has 0 aliphatic carbocycles. The summed E-state index contributed by atoms with van der Waals surface area (Å²) in [5.41, 5.74) is -0.162. The quantitative estimate of drug-likeness (QED) is 0.687. The van der Waals surface area contributed by atoms with E-state index in [1.165, 1.54) is 0 Å². The summed E-state index contributed by atoms with van der Waals surface area (Å²) in [6.45, 7) is 2.18. The largest absolute Gasteiger partial charge is 0.379 e. The van der Waals surface area contributed by atoms with Crippen LogP contribution in [0.4, 0.5) is 4.79 Å². The molecule has 2 fully saturated rings. The first-order chi connectivity index (χ1) is 8.06. The minimum Gasteiger partial charge on any atom is -0.379 e. The highest BCUT2D eigenvalue weighted by Crippen LogP contribution is 2.35. The number of hydrogen-bond acceptors (Lipinski definition) is 3. The average molecular weight is 242 g/mol. The molecular weight excluding hydrogens is 220 g/mol. The lowest BCUT2D eigenvalue weighted by Crippen LogP contribution is -2.52. The van der Waals surface area contributed by atoms with Crippen LogP contribution in [0.25, 0.3) is 0 Å². The third-order valence-electron chi connectivity index (χ3n) is 3.70. The zero-order valence-corrected chi connectivity index (χ0v) is 10.9. The summed E-state index contributed by atoms with van der Waals surface area (Å²) < 4.78 is 11.3. The molecule has 0 radical (unpaired) electrons. The third kappa shape index (κ3) is 2.55. The minimum absolute atomic E-state index is 0.0774. The second kappa shape index (κ2) is 4.82. The van der Waals surface area contributed by atoms with E-state index in [2.05, 4.69) is 0 Å². The molecule has 2 aliphatic heterocycles. The maximum Gasteiger partial charge on any atom is 0.319 e. The van der Waals surface area contributed by atoms with Gasteiger partial charge in [0.15, 0.2) is 0 Å². The number of methoxy groups -OCH3 is 1. The molecule has 5 heteroatoms. The second-order valence-corrected chi connectivity index (χ2v) is 5.26. The van der Waals surface area contributed by atoms with Gasteiger partial charge >= 0.3 is 6.03 Å². The van der Waals surface area contributed by atoms with Gasteiger partial charge in [-0.05, 0) is 12.8 Å². The Labute approximate surface area is 103 Å². The number of urea groups is 1. The van der Waals surface area contributed by atoms with E-state index in [0.717, 1.165) is 25.8 Å². The van der Waals surface area contributed by atoms with Crippen LogP contribution in [-0.2, 0) is 9.47 Å². The van der Waals surface area contributed by atoms with Crippen LogP contribution < -0.4 is 0 Å². The van der Waals surface area contributed by atoms with Crippen LogP contribution in [0.3, 0.4) is 0 Å². The Morgan fingerprint density at radius 3 is 2.88 bits per heavy atom. The van der Waals surface area contributed by atoms with Crippen molar-refractivity contribution in [2.24, 2.45) is 0 Å². The molecular formula is C12H22N2O3. The van der Waals surface area contributed by atoms with Crippen molar-refractivity contribution in [1.82, 2.24) is 9.80 Å². The number of carbonyl (C=O) groups excluding carboxylic acids is 1. The highest BCUT2D eigenvalue weighted by molar-refractivity contribution is 5.74. The van der Waals surface area contributed by atoms with Gasteiger partial charge in [-0.3, -0.25) is 0 Å². The van der Waals surface area contributed by atoms with E-state index in [1.807, 2.05) is 4.90 Å². The summed E-state index contributed by atoms with van der Waals surface area (Å²) in [5, 5.41) is 0. The summed E-state index contributed by atoms with van der Waals surface area (Å²) in [4.78, 5) is 15.5. The van der Waals surface area contributed by atoms with Crippen LogP contribution in [0.2, 0.25) is 0 Å². The van der Waals surface area contributed by atoms with E-state index in [9.17, 15) is 4.79 Å². The zero-order chi connectivity index (χ0) is 12.5. The van der Waals surface area contributed by atoms with E-state index >= 15 is 0 Å². The Hall–Kier alpha value is -0.810. The van der Waals surface area contributed by atoms with Gasteiger partial charge in [0.1, 0.15) is 0 Å². The Morgan fingerprint density at radius 1 is 1.53 bits per heavy atom. The lowest BCUT2D eigenvalue weighted by atomic mass is 9.89. The molecule has 0 aromatic carbocycles. The van der Waals surface area contributed by atoms with Crippen molar-refractivity contribution in [2.45, 2.75) is 31.0 Å². The van der Waals surface area contributed by atoms with Crippen molar-refractivity contribution in [3.05, 3.63) is 0 Å². The Kier molecular flexibility index (Phi) is 3.58. The summed E-state index contributed by atoms with van der Waals surface area (Å²) in [7, 11) is 5.30. The number of ether oxygens (including phenoxy) is 2. The van der Waals surface area contributed by atoms with E-state index in [0.29, 0.717) is 13.2 Å². The van der Waals surface area contributed by atoms with E-state index < -0.39 is 0 Å². The minimum atomic E-state index is -0.162. The van der Waals surface area contributed by atoms with Crippen molar-refractivity contribution < 1.29 is 14.3 Å². The Bertz CT molecular complexity index is 295. The molecule has 2 aliphatic rings. The first kappa shape index (κ1) is 12.6. The zero-order valence-electron chi connectivity index (χ0n) is 10.9. The lowest BCUT2D eigenvalue weighted by molar-refractivity contribution is -0.0442. The molecule has 5 nitrogen and oxygen atoms in total. The summed E-state index contributed by atoms with van der Waals surface area (Å²) >= 11 is 0. The predicted molar refractivity (Wildman–Crippen MR) is 64.0 cm³/mol. The topological polar surface area (TPSA) is 42.0 Å². The fourth-order valence-electron chi connectivity index (χ4n) is 2.78. The van der Waals surface area contributed by atoms with Gasteiger partial charge in [0.05, 0.1) is 24.9 Å². The molecule has 0 aromatic heterocycles. The molecule has 2 heterocycles. The molecule has 2 atom stereocenters. The highest BCUT2D eigenvalue weighted by Gasteiger charge is 2.44. The molecule has 0 N–H and O–H groups in total. The number of nitrogens with zero attached hydrogens (tertiary/aromatic N) is 2. The van der Waals surface area contributed by atoms with Crippen LogP contribution in [0.5, 0.6) is 0 Å². The molecule has 2 saturated heterocycles. The number of piperidine rings is 1. The van der Waals surface area contributed by atoms with Gasteiger partial charge < -0.3 is 19.3 Å². The molecule has 0 unspecified atom stereocenters. The van der Waals surface area contributed by atoms with Crippen LogP contribution in [0.1, 0.15) is 19.3 Å². The first-order valence-electron chi connectivity index (χ1n) is 6.19. The monoisotopic (exact) mass is 242 g/mol.